The van der Waals surface area contributed by atoms with Gasteiger partial charge in [0.1, 0.15) is 0 Å². The molecule has 0 aromatic carbocycles. The molecule has 0 aromatic rings. The lowest BCUT2D eigenvalue weighted by atomic mass is 9.69. The number of rotatable bonds is 5. The summed E-state index contributed by atoms with van der Waals surface area (Å²) in [6, 6.07) is 0.571. The van der Waals surface area contributed by atoms with Crippen molar-refractivity contribution in [2.24, 2.45) is 11.3 Å². The lowest BCUT2D eigenvalue weighted by molar-refractivity contribution is -0.0227. The third-order valence-electron chi connectivity index (χ3n) is 5.56. The molecule has 124 valence electrons. The van der Waals surface area contributed by atoms with Gasteiger partial charge in [0.25, 0.3) is 0 Å². The molecule has 2 atom stereocenters. The fourth-order valence-electron chi connectivity index (χ4n) is 4.22. The third kappa shape index (κ3) is 5.22. The molecule has 0 radical (unpaired) electrons. The van der Waals surface area contributed by atoms with E-state index in [0.717, 1.165) is 38.4 Å². The van der Waals surface area contributed by atoms with Gasteiger partial charge >= 0.3 is 0 Å². The van der Waals surface area contributed by atoms with Crippen molar-refractivity contribution in [3.8, 4) is 0 Å². The van der Waals surface area contributed by atoms with Crippen LogP contribution in [0, 0.1) is 11.3 Å². The zero-order chi connectivity index (χ0) is 15.5. The lowest BCUT2D eigenvalue weighted by Crippen LogP contribution is -2.51. The lowest BCUT2D eigenvalue weighted by Gasteiger charge is -2.46. The highest BCUT2D eigenvalue weighted by Crippen LogP contribution is 2.40. The third-order valence-corrected chi connectivity index (χ3v) is 5.56. The van der Waals surface area contributed by atoms with Gasteiger partial charge < -0.3 is 15.3 Å². The Hall–Kier alpha value is -0.120. The molecular formula is C18H36N2O. The molecule has 3 nitrogen and oxygen atoms in total. The summed E-state index contributed by atoms with van der Waals surface area (Å²) >= 11 is 0. The zero-order valence-corrected chi connectivity index (χ0v) is 14.6. The summed E-state index contributed by atoms with van der Waals surface area (Å²) in [5.74, 6) is 0.862. The van der Waals surface area contributed by atoms with Crippen LogP contribution in [0.25, 0.3) is 0 Å². The quantitative estimate of drug-likeness (QED) is 0.818. The first-order valence-electron chi connectivity index (χ1n) is 8.98. The highest BCUT2D eigenvalue weighted by atomic mass is 16.3. The zero-order valence-electron chi connectivity index (χ0n) is 14.6. The van der Waals surface area contributed by atoms with Crippen LogP contribution in [0.15, 0.2) is 0 Å². The number of nitrogens with one attached hydrogen (secondary N) is 1. The van der Waals surface area contributed by atoms with Crippen molar-refractivity contribution in [3.63, 3.8) is 0 Å². The van der Waals surface area contributed by atoms with E-state index in [9.17, 15) is 5.11 Å². The molecule has 1 aliphatic carbocycles. The summed E-state index contributed by atoms with van der Waals surface area (Å²) in [6.45, 7) is 13.4. The SMILES string of the molecule is CC1CCCC(CNC(C)C)(CN2CCC(C)(O)CC2)C1. The summed E-state index contributed by atoms with van der Waals surface area (Å²) in [6.07, 6.45) is 7.36. The average molecular weight is 296 g/mol. The minimum atomic E-state index is -0.431. The fraction of sp³-hybridized carbons (Fsp3) is 1.00. The van der Waals surface area contributed by atoms with Crippen LogP contribution in [-0.4, -0.2) is 47.8 Å². The number of aliphatic hydroxyl groups is 1. The van der Waals surface area contributed by atoms with E-state index in [1.54, 1.807) is 0 Å². The van der Waals surface area contributed by atoms with E-state index in [2.05, 4.69) is 31.0 Å². The predicted molar refractivity (Wildman–Crippen MR) is 89.5 cm³/mol. The second-order valence-corrected chi connectivity index (χ2v) is 8.51. The fourth-order valence-corrected chi connectivity index (χ4v) is 4.22. The van der Waals surface area contributed by atoms with Crippen molar-refractivity contribution < 1.29 is 5.11 Å². The van der Waals surface area contributed by atoms with Gasteiger partial charge in [0.05, 0.1) is 5.60 Å². The summed E-state index contributed by atoms with van der Waals surface area (Å²) in [4.78, 5) is 2.61. The van der Waals surface area contributed by atoms with E-state index < -0.39 is 5.60 Å². The van der Waals surface area contributed by atoms with Gasteiger partial charge in [-0.25, -0.2) is 0 Å². The van der Waals surface area contributed by atoms with Crippen LogP contribution < -0.4 is 5.32 Å². The molecular weight excluding hydrogens is 260 g/mol. The van der Waals surface area contributed by atoms with Gasteiger partial charge in [-0.05, 0) is 43.9 Å². The normalized spacial score (nSPS) is 34.3. The van der Waals surface area contributed by atoms with Gasteiger partial charge in [0.2, 0.25) is 0 Å². The van der Waals surface area contributed by atoms with Crippen molar-refractivity contribution in [1.82, 2.24) is 10.2 Å². The molecule has 1 aliphatic heterocycles. The summed E-state index contributed by atoms with van der Waals surface area (Å²) in [7, 11) is 0. The highest BCUT2D eigenvalue weighted by molar-refractivity contribution is 4.92. The first kappa shape index (κ1) is 17.2. The molecule has 0 amide bonds. The number of hydrogen-bond donors (Lipinski definition) is 2. The molecule has 1 saturated carbocycles. The summed E-state index contributed by atoms with van der Waals surface area (Å²) in [5.41, 5.74) is 0.0187. The van der Waals surface area contributed by atoms with Crippen LogP contribution in [0.1, 0.15) is 66.2 Å². The maximum atomic E-state index is 10.1. The molecule has 21 heavy (non-hydrogen) atoms. The Balaban J connectivity index is 1.95. The van der Waals surface area contributed by atoms with Crippen molar-refractivity contribution in [2.45, 2.75) is 77.9 Å². The van der Waals surface area contributed by atoms with E-state index in [4.69, 9.17) is 0 Å². The molecule has 2 unspecified atom stereocenters. The molecule has 2 N–H and O–H groups in total. The Morgan fingerprint density at radius 3 is 2.48 bits per heavy atom. The molecule has 3 heteroatoms. The first-order chi connectivity index (χ1) is 9.80. The summed E-state index contributed by atoms with van der Waals surface area (Å²) in [5, 5.41) is 13.8. The number of nitrogens with zero attached hydrogens (tertiary/aromatic N) is 1. The van der Waals surface area contributed by atoms with Crippen molar-refractivity contribution in [1.29, 1.82) is 0 Å². The maximum Gasteiger partial charge on any atom is 0.0644 e. The Bertz CT molecular complexity index is 319. The van der Waals surface area contributed by atoms with Crippen LogP contribution in [-0.2, 0) is 0 Å². The van der Waals surface area contributed by atoms with Crippen molar-refractivity contribution in [2.75, 3.05) is 26.2 Å². The molecule has 0 aromatic heterocycles. The van der Waals surface area contributed by atoms with E-state index >= 15 is 0 Å². The predicted octanol–water partition coefficient (Wildman–Crippen LogP) is 3.03. The Labute approximate surface area is 131 Å². The van der Waals surface area contributed by atoms with Crippen molar-refractivity contribution >= 4 is 0 Å². The average Bonchev–Trinajstić information content (AvgIpc) is 2.39. The van der Waals surface area contributed by atoms with Crippen LogP contribution in [0.5, 0.6) is 0 Å². The topological polar surface area (TPSA) is 35.5 Å². The minimum Gasteiger partial charge on any atom is -0.390 e. The number of hydrogen-bond acceptors (Lipinski definition) is 3. The van der Waals surface area contributed by atoms with Gasteiger partial charge in [-0.15, -0.1) is 0 Å². The monoisotopic (exact) mass is 296 g/mol. The van der Waals surface area contributed by atoms with Gasteiger partial charge in [-0.2, -0.15) is 0 Å². The van der Waals surface area contributed by atoms with Crippen LogP contribution in [0.2, 0.25) is 0 Å². The first-order valence-corrected chi connectivity index (χ1v) is 8.98. The molecule has 0 bridgehead atoms. The highest BCUT2D eigenvalue weighted by Gasteiger charge is 2.38. The molecule has 2 rings (SSSR count). The Kier molecular flexibility index (Phi) is 5.72. The molecule has 2 aliphatic rings. The van der Waals surface area contributed by atoms with Gasteiger partial charge in [-0.3, -0.25) is 0 Å². The Morgan fingerprint density at radius 1 is 1.24 bits per heavy atom. The summed E-state index contributed by atoms with van der Waals surface area (Å²) < 4.78 is 0. The van der Waals surface area contributed by atoms with Crippen LogP contribution >= 0.6 is 0 Å². The van der Waals surface area contributed by atoms with E-state index in [1.807, 2.05) is 6.92 Å². The molecule has 0 spiro atoms. The van der Waals surface area contributed by atoms with E-state index in [-0.39, 0.29) is 0 Å². The second-order valence-electron chi connectivity index (χ2n) is 8.51. The maximum absolute atomic E-state index is 10.1. The standard InChI is InChI=1S/C18H36N2O/c1-15(2)19-13-18(7-5-6-16(3)12-18)14-20-10-8-17(4,21)9-11-20/h15-16,19,21H,5-14H2,1-4H3. The molecule has 2 fully saturated rings. The number of piperidine rings is 1. The van der Waals surface area contributed by atoms with E-state index in [1.165, 1.54) is 32.2 Å². The van der Waals surface area contributed by atoms with Crippen LogP contribution in [0.4, 0.5) is 0 Å². The van der Waals surface area contributed by atoms with Crippen LogP contribution in [0.3, 0.4) is 0 Å². The minimum absolute atomic E-state index is 0.431. The molecule has 1 saturated heterocycles. The Morgan fingerprint density at radius 2 is 1.90 bits per heavy atom. The number of likely N-dealkylation sites (tertiary alicyclic amines) is 1. The van der Waals surface area contributed by atoms with Crippen molar-refractivity contribution in [3.05, 3.63) is 0 Å². The van der Waals surface area contributed by atoms with E-state index in [0.29, 0.717) is 11.5 Å². The smallest absolute Gasteiger partial charge is 0.0644 e. The molecule has 1 heterocycles. The van der Waals surface area contributed by atoms with Gasteiger partial charge in [0.15, 0.2) is 0 Å². The van der Waals surface area contributed by atoms with Gasteiger partial charge in [-0.1, -0.05) is 33.6 Å². The largest absolute Gasteiger partial charge is 0.390 e. The second kappa shape index (κ2) is 6.97. The van der Waals surface area contributed by atoms with Gasteiger partial charge in [0, 0.05) is 32.2 Å².